The molecular weight excluding hydrogens is 342 g/mol. The molecule has 1 unspecified atom stereocenters. The summed E-state index contributed by atoms with van der Waals surface area (Å²) in [6.45, 7) is 5.51. The number of amides is 1. The zero-order valence-electron chi connectivity index (χ0n) is 15.8. The van der Waals surface area contributed by atoms with Crippen molar-refractivity contribution in [2.75, 3.05) is 13.1 Å². The van der Waals surface area contributed by atoms with E-state index in [0.717, 1.165) is 44.7 Å². The van der Waals surface area contributed by atoms with Crippen molar-refractivity contribution in [3.05, 3.63) is 53.0 Å². The third kappa shape index (κ3) is 3.56. The molecule has 1 atom stereocenters. The van der Waals surface area contributed by atoms with Gasteiger partial charge in [0.2, 0.25) is 5.91 Å². The number of nitrogens with one attached hydrogen (secondary N) is 1. The predicted octanol–water partition coefficient (Wildman–Crippen LogP) is 1.24. The zero-order chi connectivity index (χ0) is 18.9. The highest BCUT2D eigenvalue weighted by atomic mass is 16.2. The first-order chi connectivity index (χ1) is 13.1. The maximum absolute atomic E-state index is 13.2. The molecular formula is C20H27N5O2. The molecule has 144 valence electrons. The van der Waals surface area contributed by atoms with E-state index in [1.807, 2.05) is 11.1 Å². The molecule has 7 nitrogen and oxygen atoms in total. The van der Waals surface area contributed by atoms with Gasteiger partial charge in [0.25, 0.3) is 5.56 Å². The molecule has 3 heterocycles. The fourth-order valence-electron chi connectivity index (χ4n) is 4.36. The first kappa shape index (κ1) is 18.0. The second-order valence-electron chi connectivity index (χ2n) is 7.65. The van der Waals surface area contributed by atoms with E-state index >= 15 is 0 Å². The van der Waals surface area contributed by atoms with Crippen molar-refractivity contribution in [2.45, 2.75) is 51.9 Å². The van der Waals surface area contributed by atoms with Crippen molar-refractivity contribution in [1.29, 1.82) is 0 Å². The smallest absolute Gasteiger partial charge is 0.250 e. The summed E-state index contributed by atoms with van der Waals surface area (Å²) in [6.07, 6.45) is 8.68. The van der Waals surface area contributed by atoms with Gasteiger partial charge >= 0.3 is 0 Å². The fourth-order valence-corrected chi connectivity index (χ4v) is 4.36. The average Bonchev–Trinajstić information content (AvgIpc) is 3.15. The largest absolute Gasteiger partial charge is 0.334 e. The lowest BCUT2D eigenvalue weighted by molar-refractivity contribution is -0.134. The van der Waals surface area contributed by atoms with E-state index in [1.165, 1.54) is 10.6 Å². The number of rotatable bonds is 6. The Morgan fingerprint density at radius 3 is 2.85 bits per heavy atom. The maximum atomic E-state index is 13.2. The van der Waals surface area contributed by atoms with Crippen LogP contribution in [0.1, 0.15) is 32.0 Å². The average molecular weight is 369 g/mol. The molecule has 2 aromatic heterocycles. The SMILES string of the molecule is CCn1ccnc1CN(C(=O)Cn1ccccc1=O)C1CC12CCNCC2. The monoisotopic (exact) mass is 369 g/mol. The fraction of sp³-hybridized carbons (Fsp3) is 0.550. The second kappa shape index (κ2) is 7.31. The molecule has 1 aliphatic carbocycles. The third-order valence-corrected chi connectivity index (χ3v) is 6.10. The number of nitrogens with zero attached hydrogens (tertiary/aromatic N) is 4. The summed E-state index contributed by atoms with van der Waals surface area (Å²) in [6, 6.07) is 5.22. The summed E-state index contributed by atoms with van der Waals surface area (Å²) in [5.74, 6) is 0.900. The van der Waals surface area contributed by atoms with Gasteiger partial charge < -0.3 is 19.4 Å². The standard InChI is InChI=1S/C20H27N5O2/c1-2-23-12-10-22-17(23)14-25(16-13-20(16)6-8-21-9-7-20)19(27)15-24-11-4-3-5-18(24)26/h3-5,10-12,16,21H,2,6-9,13-15H2,1H3. The van der Waals surface area contributed by atoms with E-state index in [-0.39, 0.29) is 29.5 Å². The Kier molecular flexibility index (Phi) is 4.86. The van der Waals surface area contributed by atoms with E-state index in [1.54, 1.807) is 24.5 Å². The Morgan fingerprint density at radius 1 is 1.30 bits per heavy atom. The van der Waals surface area contributed by atoms with Crippen LogP contribution in [0.3, 0.4) is 0 Å². The number of pyridine rings is 1. The van der Waals surface area contributed by atoms with Crippen LogP contribution in [0.15, 0.2) is 41.6 Å². The molecule has 1 aliphatic heterocycles. The van der Waals surface area contributed by atoms with Crippen LogP contribution in [-0.4, -0.2) is 44.1 Å². The highest BCUT2D eigenvalue weighted by molar-refractivity contribution is 5.77. The van der Waals surface area contributed by atoms with Crippen LogP contribution in [0.2, 0.25) is 0 Å². The van der Waals surface area contributed by atoms with E-state index < -0.39 is 0 Å². The summed E-state index contributed by atoms with van der Waals surface area (Å²) < 4.78 is 3.56. The minimum Gasteiger partial charge on any atom is -0.334 e. The summed E-state index contributed by atoms with van der Waals surface area (Å²) in [7, 11) is 0. The highest BCUT2D eigenvalue weighted by Crippen LogP contribution is 2.56. The van der Waals surface area contributed by atoms with Crippen molar-refractivity contribution in [3.8, 4) is 0 Å². The van der Waals surface area contributed by atoms with E-state index in [4.69, 9.17) is 0 Å². The minimum atomic E-state index is -0.145. The summed E-state index contributed by atoms with van der Waals surface area (Å²) >= 11 is 0. The zero-order valence-corrected chi connectivity index (χ0v) is 15.8. The van der Waals surface area contributed by atoms with Crippen molar-refractivity contribution in [2.24, 2.45) is 5.41 Å². The molecule has 27 heavy (non-hydrogen) atoms. The molecule has 7 heteroatoms. The van der Waals surface area contributed by atoms with Crippen molar-refractivity contribution >= 4 is 5.91 Å². The molecule has 1 saturated heterocycles. The van der Waals surface area contributed by atoms with Gasteiger partial charge in [0.15, 0.2) is 0 Å². The van der Waals surface area contributed by atoms with Crippen LogP contribution in [0.4, 0.5) is 0 Å². The summed E-state index contributed by atoms with van der Waals surface area (Å²) in [4.78, 5) is 31.7. The Labute approximate surface area is 159 Å². The van der Waals surface area contributed by atoms with Gasteiger partial charge in [-0.1, -0.05) is 6.07 Å². The van der Waals surface area contributed by atoms with E-state index in [2.05, 4.69) is 21.8 Å². The number of carbonyl (C=O) groups excluding carboxylic acids is 1. The Morgan fingerprint density at radius 2 is 2.11 bits per heavy atom. The molecule has 1 spiro atoms. The van der Waals surface area contributed by atoms with Crippen LogP contribution in [0.25, 0.3) is 0 Å². The molecule has 2 aliphatic rings. The predicted molar refractivity (Wildman–Crippen MR) is 102 cm³/mol. The van der Waals surface area contributed by atoms with Gasteiger partial charge in [-0.05, 0) is 50.8 Å². The van der Waals surface area contributed by atoms with Crippen LogP contribution >= 0.6 is 0 Å². The lowest BCUT2D eigenvalue weighted by Gasteiger charge is -2.30. The molecule has 0 aromatic carbocycles. The van der Waals surface area contributed by atoms with Gasteiger partial charge in [-0.25, -0.2) is 4.98 Å². The molecule has 2 aromatic rings. The van der Waals surface area contributed by atoms with Crippen LogP contribution in [-0.2, 0) is 24.4 Å². The molecule has 1 amide bonds. The van der Waals surface area contributed by atoms with Gasteiger partial charge in [-0.3, -0.25) is 9.59 Å². The number of imidazole rings is 1. The normalized spacial score (nSPS) is 20.6. The molecule has 2 fully saturated rings. The van der Waals surface area contributed by atoms with Crippen LogP contribution < -0.4 is 10.9 Å². The van der Waals surface area contributed by atoms with Gasteiger partial charge in [0, 0.05) is 37.2 Å². The molecule has 1 N–H and O–H groups in total. The van der Waals surface area contributed by atoms with E-state index in [9.17, 15) is 9.59 Å². The van der Waals surface area contributed by atoms with Crippen LogP contribution in [0.5, 0.6) is 0 Å². The summed E-state index contributed by atoms with van der Waals surface area (Å²) in [5.41, 5.74) is 0.0971. The number of hydrogen-bond donors (Lipinski definition) is 1. The number of carbonyl (C=O) groups is 1. The Bertz CT molecular complexity index is 865. The van der Waals surface area contributed by atoms with Gasteiger partial charge in [-0.15, -0.1) is 0 Å². The van der Waals surface area contributed by atoms with Gasteiger partial charge in [-0.2, -0.15) is 0 Å². The summed E-state index contributed by atoms with van der Waals surface area (Å²) in [5, 5.41) is 3.41. The molecule has 1 saturated carbocycles. The highest BCUT2D eigenvalue weighted by Gasteiger charge is 2.57. The van der Waals surface area contributed by atoms with Gasteiger partial charge in [0.1, 0.15) is 12.4 Å². The van der Waals surface area contributed by atoms with Crippen molar-refractivity contribution < 1.29 is 4.79 Å². The van der Waals surface area contributed by atoms with Crippen molar-refractivity contribution in [1.82, 2.24) is 24.3 Å². The second-order valence-corrected chi connectivity index (χ2v) is 7.65. The number of piperidine rings is 1. The maximum Gasteiger partial charge on any atom is 0.250 e. The molecule has 0 radical (unpaired) electrons. The lowest BCUT2D eigenvalue weighted by Crippen LogP contribution is -2.42. The Balaban J connectivity index is 1.57. The lowest BCUT2D eigenvalue weighted by atomic mass is 9.93. The van der Waals surface area contributed by atoms with Gasteiger partial charge in [0.05, 0.1) is 6.54 Å². The molecule has 0 bridgehead atoms. The molecule has 4 rings (SSSR count). The first-order valence-electron chi connectivity index (χ1n) is 9.79. The van der Waals surface area contributed by atoms with Crippen LogP contribution in [0, 0.1) is 5.41 Å². The number of aryl methyl sites for hydroxylation is 1. The third-order valence-electron chi connectivity index (χ3n) is 6.10. The number of aromatic nitrogens is 3. The Hall–Kier alpha value is -2.41. The first-order valence-corrected chi connectivity index (χ1v) is 9.79. The van der Waals surface area contributed by atoms with E-state index in [0.29, 0.717) is 6.54 Å². The topological polar surface area (TPSA) is 72.2 Å². The number of hydrogen-bond acceptors (Lipinski definition) is 4. The quantitative estimate of drug-likeness (QED) is 0.831. The van der Waals surface area contributed by atoms with Crippen molar-refractivity contribution in [3.63, 3.8) is 0 Å². The minimum absolute atomic E-state index is 0.00522.